The van der Waals surface area contributed by atoms with Crippen molar-refractivity contribution in [3.63, 3.8) is 0 Å². The van der Waals surface area contributed by atoms with E-state index in [1.54, 1.807) is 11.8 Å². The first-order valence-corrected chi connectivity index (χ1v) is 7.81. The maximum Gasteiger partial charge on any atom is 0.232 e. The van der Waals surface area contributed by atoms with Crippen LogP contribution in [-0.4, -0.2) is 34.6 Å². The van der Waals surface area contributed by atoms with Gasteiger partial charge < -0.3 is 10.6 Å². The molecule has 0 bridgehead atoms. The van der Waals surface area contributed by atoms with Crippen LogP contribution in [0.4, 0.5) is 0 Å². The topological polar surface area (TPSA) is 46.3 Å². The Morgan fingerprint density at radius 1 is 1.32 bits per heavy atom. The Hall–Kier alpha value is -1.07. The molecule has 102 valence electrons. The Kier molecular flexibility index (Phi) is 5.22. The van der Waals surface area contributed by atoms with Crippen LogP contribution in [0.15, 0.2) is 35.2 Å². The summed E-state index contributed by atoms with van der Waals surface area (Å²) in [6.07, 6.45) is 1.80. The molecule has 0 radical (unpaired) electrons. The van der Waals surface area contributed by atoms with Gasteiger partial charge in [0.25, 0.3) is 0 Å². The molecule has 1 aliphatic heterocycles. The van der Waals surface area contributed by atoms with Crippen molar-refractivity contribution in [2.75, 3.05) is 18.8 Å². The van der Waals surface area contributed by atoms with E-state index in [4.69, 9.17) is 18.0 Å². The number of benzene rings is 1. The normalized spacial score (nSPS) is 16.3. The van der Waals surface area contributed by atoms with E-state index in [0.29, 0.717) is 16.7 Å². The van der Waals surface area contributed by atoms with Gasteiger partial charge in [-0.1, -0.05) is 30.4 Å². The van der Waals surface area contributed by atoms with Gasteiger partial charge in [-0.3, -0.25) is 4.79 Å². The fourth-order valence-electron chi connectivity index (χ4n) is 2.17. The zero-order valence-corrected chi connectivity index (χ0v) is 12.4. The maximum atomic E-state index is 12.1. The Morgan fingerprint density at radius 2 is 1.95 bits per heavy atom. The molecule has 0 spiro atoms. The molecule has 1 aliphatic rings. The minimum Gasteiger partial charge on any atom is -0.393 e. The summed E-state index contributed by atoms with van der Waals surface area (Å²) in [6.45, 7) is 1.55. The summed E-state index contributed by atoms with van der Waals surface area (Å²) in [5.41, 5.74) is 5.65. The number of rotatable bonds is 4. The average molecular weight is 294 g/mol. The molecule has 2 N–H and O–H groups in total. The highest BCUT2D eigenvalue weighted by molar-refractivity contribution is 8.00. The summed E-state index contributed by atoms with van der Waals surface area (Å²) in [6, 6.07) is 10.0. The second kappa shape index (κ2) is 6.91. The van der Waals surface area contributed by atoms with Crippen molar-refractivity contribution in [3.8, 4) is 0 Å². The molecule has 1 fully saturated rings. The fourth-order valence-corrected chi connectivity index (χ4v) is 3.22. The Bertz CT molecular complexity index is 442. The van der Waals surface area contributed by atoms with Crippen molar-refractivity contribution in [1.82, 2.24) is 4.90 Å². The number of thiocarbonyl (C=S) groups is 1. The standard InChI is InChI=1S/C14H18N2OS2/c15-14(18)11-6-8-16(9-7-11)13(17)10-19-12-4-2-1-3-5-12/h1-5,11H,6-10H2,(H2,15,18). The lowest BCUT2D eigenvalue weighted by Gasteiger charge is -2.31. The SMILES string of the molecule is NC(=S)C1CCN(C(=O)CSc2ccccc2)CC1. The lowest BCUT2D eigenvalue weighted by atomic mass is 9.97. The number of nitrogens with zero attached hydrogens (tertiary/aromatic N) is 1. The van der Waals surface area contributed by atoms with E-state index in [-0.39, 0.29) is 5.91 Å². The third kappa shape index (κ3) is 4.21. The van der Waals surface area contributed by atoms with Crippen LogP contribution >= 0.6 is 24.0 Å². The Morgan fingerprint density at radius 3 is 2.53 bits per heavy atom. The molecule has 1 heterocycles. The molecule has 1 amide bonds. The molecule has 0 aromatic heterocycles. The second-order valence-corrected chi connectivity index (χ2v) is 6.18. The van der Waals surface area contributed by atoms with Crippen LogP contribution in [0.5, 0.6) is 0 Å². The number of carbonyl (C=O) groups is 1. The number of hydrogen-bond acceptors (Lipinski definition) is 3. The van der Waals surface area contributed by atoms with Crippen LogP contribution in [0.3, 0.4) is 0 Å². The van der Waals surface area contributed by atoms with E-state index < -0.39 is 0 Å². The summed E-state index contributed by atoms with van der Waals surface area (Å²) < 4.78 is 0. The highest BCUT2D eigenvalue weighted by atomic mass is 32.2. The van der Waals surface area contributed by atoms with Crippen molar-refractivity contribution >= 4 is 34.9 Å². The summed E-state index contributed by atoms with van der Waals surface area (Å²) in [5, 5.41) is 0. The third-order valence-electron chi connectivity index (χ3n) is 3.36. The van der Waals surface area contributed by atoms with Crippen molar-refractivity contribution in [3.05, 3.63) is 30.3 Å². The zero-order chi connectivity index (χ0) is 13.7. The van der Waals surface area contributed by atoms with Gasteiger partial charge >= 0.3 is 0 Å². The fraction of sp³-hybridized carbons (Fsp3) is 0.429. The highest BCUT2D eigenvalue weighted by Gasteiger charge is 2.23. The van der Waals surface area contributed by atoms with Crippen LogP contribution in [0.25, 0.3) is 0 Å². The molecule has 3 nitrogen and oxygen atoms in total. The number of piperidine rings is 1. The number of likely N-dealkylation sites (tertiary alicyclic amines) is 1. The molecular formula is C14H18N2OS2. The van der Waals surface area contributed by atoms with E-state index in [9.17, 15) is 4.79 Å². The average Bonchev–Trinajstić information content (AvgIpc) is 2.46. The lowest BCUT2D eigenvalue weighted by molar-refractivity contribution is -0.129. The molecule has 0 unspecified atom stereocenters. The largest absolute Gasteiger partial charge is 0.393 e. The van der Waals surface area contributed by atoms with Crippen LogP contribution < -0.4 is 5.73 Å². The first-order chi connectivity index (χ1) is 9.16. The van der Waals surface area contributed by atoms with Gasteiger partial charge in [0.05, 0.1) is 10.7 Å². The summed E-state index contributed by atoms with van der Waals surface area (Å²) in [7, 11) is 0. The molecule has 0 atom stereocenters. The Labute approximate surface area is 123 Å². The van der Waals surface area contributed by atoms with Crippen molar-refractivity contribution in [2.24, 2.45) is 11.7 Å². The van der Waals surface area contributed by atoms with E-state index in [1.165, 1.54) is 0 Å². The summed E-state index contributed by atoms with van der Waals surface area (Å²) in [4.78, 5) is 15.7. The monoisotopic (exact) mass is 294 g/mol. The van der Waals surface area contributed by atoms with Crippen LogP contribution in [0, 0.1) is 5.92 Å². The highest BCUT2D eigenvalue weighted by Crippen LogP contribution is 2.21. The number of amides is 1. The maximum absolute atomic E-state index is 12.1. The van der Waals surface area contributed by atoms with Crippen LogP contribution in [-0.2, 0) is 4.79 Å². The number of carbonyl (C=O) groups excluding carboxylic acids is 1. The zero-order valence-electron chi connectivity index (χ0n) is 10.7. The van der Waals surface area contributed by atoms with Crippen LogP contribution in [0.2, 0.25) is 0 Å². The second-order valence-electron chi connectivity index (χ2n) is 4.66. The van der Waals surface area contributed by atoms with E-state index in [0.717, 1.165) is 30.8 Å². The van der Waals surface area contributed by atoms with Crippen LogP contribution in [0.1, 0.15) is 12.8 Å². The molecule has 2 rings (SSSR count). The predicted octanol–water partition coefficient (Wildman–Crippen LogP) is 2.30. The predicted molar refractivity (Wildman–Crippen MR) is 83.3 cm³/mol. The molecule has 0 saturated carbocycles. The van der Waals surface area contributed by atoms with Gasteiger partial charge in [-0.25, -0.2) is 0 Å². The summed E-state index contributed by atoms with van der Waals surface area (Å²) >= 11 is 6.59. The molecule has 19 heavy (non-hydrogen) atoms. The minimum absolute atomic E-state index is 0.204. The first kappa shape index (κ1) is 14.3. The smallest absolute Gasteiger partial charge is 0.232 e. The number of thioether (sulfide) groups is 1. The van der Waals surface area contributed by atoms with Gasteiger partial charge in [-0.15, -0.1) is 11.8 Å². The summed E-state index contributed by atoms with van der Waals surface area (Å²) in [5.74, 6) is 1.01. The Balaban J connectivity index is 1.77. The van der Waals surface area contributed by atoms with Gasteiger partial charge in [0.1, 0.15) is 0 Å². The number of hydrogen-bond donors (Lipinski definition) is 1. The molecule has 5 heteroatoms. The van der Waals surface area contributed by atoms with E-state index >= 15 is 0 Å². The molecular weight excluding hydrogens is 276 g/mol. The van der Waals surface area contributed by atoms with E-state index in [2.05, 4.69) is 0 Å². The van der Waals surface area contributed by atoms with Crippen molar-refractivity contribution in [2.45, 2.75) is 17.7 Å². The van der Waals surface area contributed by atoms with Gasteiger partial charge in [0.2, 0.25) is 5.91 Å². The van der Waals surface area contributed by atoms with E-state index in [1.807, 2.05) is 35.2 Å². The third-order valence-corrected chi connectivity index (χ3v) is 4.69. The van der Waals surface area contributed by atoms with Crippen molar-refractivity contribution in [1.29, 1.82) is 0 Å². The van der Waals surface area contributed by atoms with Crippen molar-refractivity contribution < 1.29 is 4.79 Å². The molecule has 0 aliphatic carbocycles. The van der Waals surface area contributed by atoms with Gasteiger partial charge in [-0.05, 0) is 25.0 Å². The lowest BCUT2D eigenvalue weighted by Crippen LogP contribution is -2.42. The number of nitrogens with two attached hydrogens (primary N) is 1. The molecule has 1 aromatic carbocycles. The first-order valence-electron chi connectivity index (χ1n) is 6.42. The minimum atomic E-state index is 0.204. The van der Waals surface area contributed by atoms with Gasteiger partial charge in [0.15, 0.2) is 0 Å². The molecule has 1 saturated heterocycles. The molecule has 1 aromatic rings. The van der Waals surface area contributed by atoms with Gasteiger partial charge in [0, 0.05) is 23.9 Å². The quantitative estimate of drug-likeness (QED) is 0.684. The van der Waals surface area contributed by atoms with Gasteiger partial charge in [-0.2, -0.15) is 0 Å².